The van der Waals surface area contributed by atoms with E-state index in [1.807, 2.05) is 0 Å². The largest absolute Gasteiger partial charge is 0.465 e. The molecule has 0 aliphatic rings. The van der Waals surface area contributed by atoms with Crippen LogP contribution in [0, 0.1) is 10.8 Å². The van der Waals surface area contributed by atoms with E-state index in [2.05, 4.69) is 0 Å². The molecule has 0 rings (SSSR count). The van der Waals surface area contributed by atoms with Gasteiger partial charge in [0.1, 0.15) is 6.61 Å². The Morgan fingerprint density at radius 1 is 0.810 bits per heavy atom. The fraction of sp³-hybridized carbons (Fsp3) is 0.923. The summed E-state index contributed by atoms with van der Waals surface area (Å²) in [6.45, 7) is -1.27. The SMILES string of the molecule is CCC(=O)OCC(CO)(CO)COCC(CO)(CO)CO. The molecule has 8 nitrogen and oxygen atoms in total. The van der Waals surface area contributed by atoms with Gasteiger partial charge in [0.2, 0.25) is 0 Å². The van der Waals surface area contributed by atoms with Gasteiger partial charge >= 0.3 is 5.97 Å². The van der Waals surface area contributed by atoms with E-state index < -0.39 is 49.8 Å². The van der Waals surface area contributed by atoms with Gasteiger partial charge in [-0.2, -0.15) is 0 Å². The van der Waals surface area contributed by atoms with Crippen LogP contribution in [-0.2, 0) is 14.3 Å². The first-order valence-corrected chi connectivity index (χ1v) is 6.74. The minimum absolute atomic E-state index is 0.154. The Hall–Kier alpha value is -0.770. The normalized spacial score (nSPS) is 12.5. The van der Waals surface area contributed by atoms with Gasteiger partial charge in [0.05, 0.1) is 57.1 Å². The van der Waals surface area contributed by atoms with Crippen LogP contribution in [0.2, 0.25) is 0 Å². The van der Waals surface area contributed by atoms with Crippen molar-refractivity contribution in [2.24, 2.45) is 10.8 Å². The number of carbonyl (C=O) groups excluding carboxylic acids is 1. The van der Waals surface area contributed by atoms with Crippen LogP contribution in [0.4, 0.5) is 0 Å². The van der Waals surface area contributed by atoms with Gasteiger partial charge in [0.25, 0.3) is 0 Å². The summed E-state index contributed by atoms with van der Waals surface area (Å²) in [6, 6.07) is 0. The summed E-state index contributed by atoms with van der Waals surface area (Å²) in [4.78, 5) is 11.1. The van der Waals surface area contributed by atoms with Crippen molar-refractivity contribution in [1.29, 1.82) is 0 Å². The summed E-state index contributed by atoms with van der Waals surface area (Å²) in [6.07, 6.45) is 0.177. The lowest BCUT2D eigenvalue weighted by atomic mass is 9.90. The highest BCUT2D eigenvalue weighted by molar-refractivity contribution is 5.68. The standard InChI is InChI=1S/C13H26O8/c1-2-11(19)21-10-13(6-17,7-18)9-20-8-12(3-14,4-15)5-16/h14-18H,2-10H2,1H3. The summed E-state index contributed by atoms with van der Waals surface area (Å²) < 4.78 is 10.2. The van der Waals surface area contributed by atoms with Gasteiger partial charge in [0.15, 0.2) is 0 Å². The third-order valence-corrected chi connectivity index (χ3v) is 3.32. The van der Waals surface area contributed by atoms with Gasteiger partial charge in [-0.3, -0.25) is 4.79 Å². The van der Waals surface area contributed by atoms with E-state index in [1.165, 1.54) is 0 Å². The lowest BCUT2D eigenvalue weighted by molar-refractivity contribution is -0.154. The molecule has 5 N–H and O–H groups in total. The molecule has 0 aromatic rings. The molecule has 8 heteroatoms. The van der Waals surface area contributed by atoms with Crippen LogP contribution in [0.5, 0.6) is 0 Å². The lowest BCUT2D eigenvalue weighted by Gasteiger charge is -2.32. The number of hydrogen-bond donors (Lipinski definition) is 5. The molecular formula is C13H26O8. The average molecular weight is 310 g/mol. The predicted molar refractivity (Wildman–Crippen MR) is 72.4 cm³/mol. The topological polar surface area (TPSA) is 137 Å². The summed E-state index contributed by atoms with van der Waals surface area (Å²) in [5, 5.41) is 46.2. The van der Waals surface area contributed by atoms with Crippen molar-refractivity contribution >= 4 is 5.97 Å². The minimum atomic E-state index is -1.20. The van der Waals surface area contributed by atoms with Crippen LogP contribution < -0.4 is 0 Å². The Morgan fingerprint density at radius 2 is 1.24 bits per heavy atom. The van der Waals surface area contributed by atoms with E-state index in [1.54, 1.807) is 6.92 Å². The molecule has 0 unspecified atom stereocenters. The molecule has 0 bridgehead atoms. The maximum absolute atomic E-state index is 11.1. The van der Waals surface area contributed by atoms with Crippen molar-refractivity contribution in [3.05, 3.63) is 0 Å². The van der Waals surface area contributed by atoms with E-state index in [9.17, 15) is 15.0 Å². The zero-order valence-corrected chi connectivity index (χ0v) is 12.3. The van der Waals surface area contributed by atoms with Crippen LogP contribution in [0.15, 0.2) is 0 Å². The Balaban J connectivity index is 4.53. The third-order valence-electron chi connectivity index (χ3n) is 3.32. The lowest BCUT2D eigenvalue weighted by Crippen LogP contribution is -2.44. The van der Waals surface area contributed by atoms with Crippen molar-refractivity contribution in [2.45, 2.75) is 13.3 Å². The average Bonchev–Trinajstić information content (AvgIpc) is 2.55. The van der Waals surface area contributed by atoms with Gasteiger partial charge in [-0.05, 0) is 0 Å². The number of ether oxygens (including phenoxy) is 2. The monoisotopic (exact) mass is 310 g/mol. The molecule has 0 aliphatic carbocycles. The Labute approximate surface area is 123 Å². The Morgan fingerprint density at radius 3 is 1.62 bits per heavy atom. The fourth-order valence-electron chi connectivity index (χ4n) is 1.38. The zero-order valence-electron chi connectivity index (χ0n) is 12.3. The van der Waals surface area contributed by atoms with E-state index in [0.29, 0.717) is 0 Å². The molecular weight excluding hydrogens is 284 g/mol. The second-order valence-electron chi connectivity index (χ2n) is 5.30. The number of esters is 1. The first-order valence-electron chi connectivity index (χ1n) is 6.74. The quantitative estimate of drug-likeness (QED) is 0.258. The van der Waals surface area contributed by atoms with Crippen molar-refractivity contribution in [3.8, 4) is 0 Å². The molecule has 21 heavy (non-hydrogen) atoms. The van der Waals surface area contributed by atoms with Crippen molar-refractivity contribution in [1.82, 2.24) is 0 Å². The van der Waals surface area contributed by atoms with Crippen molar-refractivity contribution in [2.75, 3.05) is 52.9 Å². The minimum Gasteiger partial charge on any atom is -0.465 e. The molecule has 0 fully saturated rings. The highest BCUT2D eigenvalue weighted by Gasteiger charge is 2.34. The van der Waals surface area contributed by atoms with E-state index in [-0.39, 0.29) is 26.2 Å². The molecule has 0 amide bonds. The molecule has 0 saturated carbocycles. The van der Waals surface area contributed by atoms with Gasteiger partial charge in [-0.1, -0.05) is 6.92 Å². The number of carbonyl (C=O) groups is 1. The highest BCUT2D eigenvalue weighted by atomic mass is 16.5. The maximum Gasteiger partial charge on any atom is 0.305 e. The van der Waals surface area contributed by atoms with Crippen molar-refractivity contribution < 1.29 is 39.8 Å². The first-order chi connectivity index (χ1) is 9.96. The maximum atomic E-state index is 11.1. The van der Waals surface area contributed by atoms with Crippen LogP contribution in [0.3, 0.4) is 0 Å². The molecule has 0 radical (unpaired) electrons. The summed E-state index contributed by atoms with van der Waals surface area (Å²) in [5.41, 5.74) is -2.37. The molecule has 0 saturated heterocycles. The first kappa shape index (κ1) is 20.2. The Kier molecular flexibility index (Phi) is 9.67. The van der Waals surface area contributed by atoms with Gasteiger partial charge in [-0.15, -0.1) is 0 Å². The summed E-state index contributed by atoms with van der Waals surface area (Å²) in [5.74, 6) is -0.461. The molecule has 0 aromatic carbocycles. The molecule has 0 spiro atoms. The molecule has 0 aromatic heterocycles. The fourth-order valence-corrected chi connectivity index (χ4v) is 1.38. The number of hydrogen-bond acceptors (Lipinski definition) is 8. The number of rotatable bonds is 12. The van der Waals surface area contributed by atoms with Crippen LogP contribution >= 0.6 is 0 Å². The second kappa shape index (κ2) is 10.0. The van der Waals surface area contributed by atoms with Crippen LogP contribution in [0.25, 0.3) is 0 Å². The number of aliphatic hydroxyl groups excluding tert-OH is 5. The molecule has 0 atom stereocenters. The van der Waals surface area contributed by atoms with Gasteiger partial charge < -0.3 is 35.0 Å². The van der Waals surface area contributed by atoms with Crippen LogP contribution in [-0.4, -0.2) is 84.4 Å². The van der Waals surface area contributed by atoms with Gasteiger partial charge in [0, 0.05) is 6.42 Å². The third kappa shape index (κ3) is 6.25. The zero-order chi connectivity index (χ0) is 16.4. The highest BCUT2D eigenvalue weighted by Crippen LogP contribution is 2.21. The summed E-state index contributed by atoms with van der Waals surface area (Å²) in [7, 11) is 0. The second-order valence-corrected chi connectivity index (χ2v) is 5.30. The van der Waals surface area contributed by atoms with E-state index in [0.717, 1.165) is 0 Å². The van der Waals surface area contributed by atoms with E-state index >= 15 is 0 Å². The molecule has 0 heterocycles. The summed E-state index contributed by atoms with van der Waals surface area (Å²) >= 11 is 0. The smallest absolute Gasteiger partial charge is 0.305 e. The predicted octanol–water partition coefficient (Wildman–Crippen LogP) is -2.11. The van der Waals surface area contributed by atoms with E-state index in [4.69, 9.17) is 24.8 Å². The number of aliphatic hydroxyl groups is 5. The van der Waals surface area contributed by atoms with Crippen molar-refractivity contribution in [3.63, 3.8) is 0 Å². The van der Waals surface area contributed by atoms with Crippen LogP contribution in [0.1, 0.15) is 13.3 Å². The molecule has 126 valence electrons. The Bertz CT molecular complexity index is 278. The molecule has 0 aliphatic heterocycles. The van der Waals surface area contributed by atoms with Gasteiger partial charge in [-0.25, -0.2) is 0 Å².